The lowest BCUT2D eigenvalue weighted by molar-refractivity contribution is 0.142. The van der Waals surface area contributed by atoms with Crippen LogP contribution < -0.4 is 4.90 Å². The quantitative estimate of drug-likeness (QED) is 0.742. The van der Waals surface area contributed by atoms with E-state index in [2.05, 4.69) is 9.97 Å². The molecule has 6 nitrogen and oxygen atoms in total. The predicted molar refractivity (Wildman–Crippen MR) is 58.9 cm³/mol. The third kappa shape index (κ3) is 2.33. The van der Waals surface area contributed by atoms with Crippen molar-refractivity contribution in [1.82, 2.24) is 14.9 Å². The molecule has 86 valence electrons. The summed E-state index contributed by atoms with van der Waals surface area (Å²) >= 11 is 5.69. The van der Waals surface area contributed by atoms with Gasteiger partial charge >= 0.3 is 6.09 Å². The molecule has 1 N–H and O–H groups in total. The summed E-state index contributed by atoms with van der Waals surface area (Å²) in [5.74, 6) is 0.741. The number of carboxylic acid groups (broad SMARTS) is 1. The van der Waals surface area contributed by atoms with E-state index < -0.39 is 6.09 Å². The summed E-state index contributed by atoms with van der Waals surface area (Å²) in [7, 11) is 0. The zero-order valence-corrected chi connectivity index (χ0v) is 9.26. The molecule has 0 spiro atoms. The maximum absolute atomic E-state index is 10.7. The van der Waals surface area contributed by atoms with Gasteiger partial charge in [0.15, 0.2) is 0 Å². The number of carbonyl (C=O) groups is 1. The van der Waals surface area contributed by atoms with Crippen LogP contribution in [0.4, 0.5) is 10.6 Å². The van der Waals surface area contributed by atoms with E-state index >= 15 is 0 Å². The number of anilines is 1. The number of rotatable bonds is 1. The number of hydrogen-bond donors (Lipinski definition) is 1. The first-order valence-electron chi connectivity index (χ1n) is 4.88. The van der Waals surface area contributed by atoms with E-state index in [1.165, 1.54) is 4.90 Å². The Bertz CT molecular complexity index is 393. The molecule has 1 aromatic heterocycles. The van der Waals surface area contributed by atoms with Gasteiger partial charge in [0, 0.05) is 32.4 Å². The second-order valence-corrected chi connectivity index (χ2v) is 3.78. The fourth-order valence-corrected chi connectivity index (χ4v) is 1.77. The fourth-order valence-electron chi connectivity index (χ4n) is 1.63. The highest BCUT2D eigenvalue weighted by molar-refractivity contribution is 6.28. The Labute approximate surface area is 97.5 Å². The number of aromatic nitrogens is 2. The zero-order chi connectivity index (χ0) is 11.5. The van der Waals surface area contributed by atoms with Crippen molar-refractivity contribution in [2.24, 2.45) is 0 Å². The highest BCUT2D eigenvalue weighted by atomic mass is 35.5. The minimum absolute atomic E-state index is 0.207. The monoisotopic (exact) mass is 242 g/mol. The highest BCUT2D eigenvalue weighted by Crippen LogP contribution is 2.14. The SMILES string of the molecule is O=C(O)N1CCN(c2ccnc(Cl)n2)CC1. The molecule has 2 heterocycles. The molecule has 16 heavy (non-hydrogen) atoms. The molecule has 0 atom stereocenters. The summed E-state index contributed by atoms with van der Waals surface area (Å²) in [6.45, 7) is 2.22. The Morgan fingerprint density at radius 2 is 2.06 bits per heavy atom. The third-order valence-corrected chi connectivity index (χ3v) is 2.67. The number of amides is 1. The first kappa shape index (κ1) is 10.9. The molecule has 1 fully saturated rings. The Balaban J connectivity index is 2.01. The second kappa shape index (κ2) is 4.52. The van der Waals surface area contributed by atoms with Crippen LogP contribution >= 0.6 is 11.6 Å². The van der Waals surface area contributed by atoms with Crippen LogP contribution in [-0.2, 0) is 0 Å². The summed E-state index contributed by atoms with van der Waals surface area (Å²) in [6.07, 6.45) is 0.717. The zero-order valence-electron chi connectivity index (χ0n) is 8.51. The highest BCUT2D eigenvalue weighted by Gasteiger charge is 2.21. The van der Waals surface area contributed by atoms with Crippen LogP contribution in [-0.4, -0.2) is 52.2 Å². The number of piperazine rings is 1. The van der Waals surface area contributed by atoms with Gasteiger partial charge in [0.2, 0.25) is 5.28 Å². The largest absolute Gasteiger partial charge is 0.465 e. The first-order valence-corrected chi connectivity index (χ1v) is 5.26. The summed E-state index contributed by atoms with van der Waals surface area (Å²) in [5.41, 5.74) is 0. The van der Waals surface area contributed by atoms with Crippen LogP contribution in [0.5, 0.6) is 0 Å². The van der Waals surface area contributed by atoms with Crippen LogP contribution in [0.2, 0.25) is 5.28 Å². The van der Waals surface area contributed by atoms with Crippen molar-refractivity contribution in [3.05, 3.63) is 17.5 Å². The van der Waals surface area contributed by atoms with E-state index in [0.717, 1.165) is 5.82 Å². The molecule has 0 saturated carbocycles. The van der Waals surface area contributed by atoms with Crippen molar-refractivity contribution in [1.29, 1.82) is 0 Å². The molecule has 0 radical (unpaired) electrons. The van der Waals surface area contributed by atoms with E-state index in [1.54, 1.807) is 12.3 Å². The van der Waals surface area contributed by atoms with Crippen molar-refractivity contribution in [3.63, 3.8) is 0 Å². The molecule has 2 rings (SSSR count). The number of halogens is 1. The van der Waals surface area contributed by atoms with Gasteiger partial charge in [0.25, 0.3) is 0 Å². The maximum Gasteiger partial charge on any atom is 0.407 e. The average Bonchev–Trinajstić information content (AvgIpc) is 2.29. The summed E-state index contributed by atoms with van der Waals surface area (Å²) in [4.78, 5) is 22.0. The summed E-state index contributed by atoms with van der Waals surface area (Å²) in [5, 5.41) is 9.01. The molecule has 0 bridgehead atoms. The molecule has 0 aromatic carbocycles. The minimum Gasteiger partial charge on any atom is -0.465 e. The van der Waals surface area contributed by atoms with Gasteiger partial charge in [-0.05, 0) is 17.7 Å². The van der Waals surface area contributed by atoms with Gasteiger partial charge in [-0.15, -0.1) is 0 Å². The van der Waals surface area contributed by atoms with E-state index in [-0.39, 0.29) is 5.28 Å². The van der Waals surface area contributed by atoms with Gasteiger partial charge in [0.05, 0.1) is 0 Å². The lowest BCUT2D eigenvalue weighted by Gasteiger charge is -2.33. The molecule has 1 saturated heterocycles. The van der Waals surface area contributed by atoms with Crippen molar-refractivity contribution in [3.8, 4) is 0 Å². The van der Waals surface area contributed by atoms with Crippen molar-refractivity contribution in [2.45, 2.75) is 0 Å². The van der Waals surface area contributed by atoms with Gasteiger partial charge in [-0.1, -0.05) is 0 Å². The number of hydrogen-bond acceptors (Lipinski definition) is 4. The van der Waals surface area contributed by atoms with Crippen molar-refractivity contribution < 1.29 is 9.90 Å². The standard InChI is InChI=1S/C9H11ClN4O2/c10-8-11-2-1-7(12-8)13-3-5-14(6-4-13)9(15)16/h1-2H,3-6H2,(H,15,16). The molecule has 1 aromatic rings. The molecular formula is C9H11ClN4O2. The van der Waals surface area contributed by atoms with Gasteiger partial charge in [-0.3, -0.25) is 0 Å². The smallest absolute Gasteiger partial charge is 0.407 e. The third-order valence-electron chi connectivity index (χ3n) is 2.49. The lowest BCUT2D eigenvalue weighted by Crippen LogP contribution is -2.48. The Kier molecular flexibility index (Phi) is 3.09. The van der Waals surface area contributed by atoms with Crippen molar-refractivity contribution in [2.75, 3.05) is 31.1 Å². The molecule has 1 amide bonds. The molecule has 0 aliphatic carbocycles. The van der Waals surface area contributed by atoms with Crippen molar-refractivity contribution >= 4 is 23.5 Å². The lowest BCUT2D eigenvalue weighted by atomic mass is 10.3. The normalized spacial score (nSPS) is 16.3. The van der Waals surface area contributed by atoms with Gasteiger partial charge in [-0.25, -0.2) is 14.8 Å². The van der Waals surface area contributed by atoms with Crippen LogP contribution in [0.1, 0.15) is 0 Å². The minimum atomic E-state index is -0.875. The summed E-state index contributed by atoms with van der Waals surface area (Å²) in [6, 6.07) is 1.77. The predicted octanol–water partition coefficient (Wildman–Crippen LogP) is 0.930. The molecule has 1 aliphatic heterocycles. The Morgan fingerprint density at radius 3 is 2.62 bits per heavy atom. The van der Waals surface area contributed by atoms with Gasteiger partial charge < -0.3 is 14.9 Å². The van der Waals surface area contributed by atoms with E-state index in [0.29, 0.717) is 26.2 Å². The van der Waals surface area contributed by atoms with E-state index in [9.17, 15) is 4.79 Å². The topological polar surface area (TPSA) is 69.6 Å². The van der Waals surface area contributed by atoms with Crippen LogP contribution in [0.3, 0.4) is 0 Å². The Morgan fingerprint density at radius 1 is 1.38 bits per heavy atom. The van der Waals surface area contributed by atoms with Crippen LogP contribution in [0.25, 0.3) is 0 Å². The van der Waals surface area contributed by atoms with E-state index in [4.69, 9.17) is 16.7 Å². The average molecular weight is 243 g/mol. The maximum atomic E-state index is 10.7. The first-order chi connectivity index (χ1) is 7.66. The molecular weight excluding hydrogens is 232 g/mol. The second-order valence-electron chi connectivity index (χ2n) is 3.44. The van der Waals surface area contributed by atoms with Gasteiger partial charge in [0.1, 0.15) is 5.82 Å². The van der Waals surface area contributed by atoms with Crippen LogP contribution in [0.15, 0.2) is 12.3 Å². The Hall–Kier alpha value is -1.56. The molecule has 7 heteroatoms. The molecule has 1 aliphatic rings. The van der Waals surface area contributed by atoms with Gasteiger partial charge in [-0.2, -0.15) is 0 Å². The van der Waals surface area contributed by atoms with Crippen LogP contribution in [0, 0.1) is 0 Å². The summed E-state index contributed by atoms with van der Waals surface area (Å²) < 4.78 is 0. The number of nitrogens with zero attached hydrogens (tertiary/aromatic N) is 4. The fraction of sp³-hybridized carbons (Fsp3) is 0.444. The molecule has 0 unspecified atom stereocenters. The van der Waals surface area contributed by atoms with E-state index in [1.807, 2.05) is 4.90 Å².